The molecular weight excluding hydrogens is 412 g/mol. The summed E-state index contributed by atoms with van der Waals surface area (Å²) in [5.74, 6) is -1.18. The molecule has 1 aromatic rings. The van der Waals surface area contributed by atoms with Crippen LogP contribution < -0.4 is 16.4 Å². The quantitative estimate of drug-likeness (QED) is 0.178. The topological polar surface area (TPSA) is 137 Å². The molecule has 9 heteroatoms. The monoisotopic (exact) mass is 450 g/mol. The van der Waals surface area contributed by atoms with Gasteiger partial charge in [0.25, 0.3) is 0 Å². The van der Waals surface area contributed by atoms with Gasteiger partial charge in [-0.3, -0.25) is 14.4 Å². The number of ketones is 1. The lowest BCUT2D eigenvalue weighted by Crippen LogP contribution is -2.38. The van der Waals surface area contributed by atoms with Crippen molar-refractivity contribution >= 4 is 17.6 Å². The van der Waals surface area contributed by atoms with Crippen LogP contribution in [0, 0.1) is 0 Å². The summed E-state index contributed by atoms with van der Waals surface area (Å²) in [7, 11) is 1.44. The van der Waals surface area contributed by atoms with Gasteiger partial charge in [-0.2, -0.15) is 0 Å². The number of carbonyl (C=O) groups is 3. The molecule has 4 N–H and O–H groups in total. The second kappa shape index (κ2) is 18.1. The Labute approximate surface area is 190 Å². The van der Waals surface area contributed by atoms with E-state index in [4.69, 9.17) is 14.9 Å². The van der Waals surface area contributed by atoms with Crippen molar-refractivity contribution in [2.75, 3.05) is 26.8 Å². The number of amides is 2. The van der Waals surface area contributed by atoms with Gasteiger partial charge in [0.05, 0.1) is 6.20 Å². The number of aromatic nitrogens is 1. The summed E-state index contributed by atoms with van der Waals surface area (Å²) in [6, 6.07) is -0.859. The van der Waals surface area contributed by atoms with E-state index in [1.54, 1.807) is 0 Å². The number of ether oxygens (including phenoxy) is 1. The van der Waals surface area contributed by atoms with Crippen LogP contribution in [0.2, 0.25) is 0 Å². The van der Waals surface area contributed by atoms with E-state index >= 15 is 0 Å². The summed E-state index contributed by atoms with van der Waals surface area (Å²) < 4.78 is 10.4. The van der Waals surface area contributed by atoms with Gasteiger partial charge in [0, 0.05) is 20.2 Å². The highest BCUT2D eigenvalue weighted by atomic mass is 16.5. The number of hydrogen-bond acceptors (Lipinski definition) is 7. The number of nitrogens with one attached hydrogen (secondary N) is 2. The number of unbranched alkanes of at least 4 members (excludes halogenated alkanes) is 8. The molecule has 2 amide bonds. The van der Waals surface area contributed by atoms with Crippen LogP contribution in [0.25, 0.3) is 0 Å². The number of Topliss-reactive ketones (excluding diaryl/α,β-unsaturated/α-hetero) is 1. The Balaban J connectivity index is 1.82. The lowest BCUT2D eigenvalue weighted by molar-refractivity contribution is -0.138. The lowest BCUT2D eigenvalue weighted by atomic mass is 10.1. The smallest absolute Gasteiger partial charge is 0.309 e. The first-order valence-corrected chi connectivity index (χ1v) is 11.5. The molecule has 1 aromatic heterocycles. The Morgan fingerprint density at radius 3 is 2.34 bits per heavy atom. The molecule has 0 aliphatic carbocycles. The number of oxazole rings is 1. The Morgan fingerprint density at radius 1 is 1.03 bits per heavy atom. The lowest BCUT2D eigenvalue weighted by Gasteiger charge is -2.07. The average molecular weight is 451 g/mol. The third-order valence-electron chi connectivity index (χ3n) is 4.90. The van der Waals surface area contributed by atoms with E-state index in [2.05, 4.69) is 27.8 Å². The van der Waals surface area contributed by atoms with Crippen LogP contribution in [0.3, 0.4) is 0 Å². The Kier molecular flexibility index (Phi) is 15.6. The van der Waals surface area contributed by atoms with Crippen molar-refractivity contribution in [3.05, 3.63) is 30.5 Å². The van der Waals surface area contributed by atoms with Crippen molar-refractivity contribution in [2.45, 2.75) is 70.3 Å². The number of hydrogen-bond donors (Lipinski definition) is 3. The van der Waals surface area contributed by atoms with Crippen molar-refractivity contribution in [3.63, 3.8) is 0 Å². The van der Waals surface area contributed by atoms with E-state index in [1.807, 2.05) is 0 Å². The number of allylic oxidation sites excluding steroid dienone is 2. The van der Waals surface area contributed by atoms with E-state index < -0.39 is 17.9 Å². The first-order chi connectivity index (χ1) is 15.6. The van der Waals surface area contributed by atoms with Crippen molar-refractivity contribution < 1.29 is 23.5 Å². The Hall–Kier alpha value is -2.52. The second-order valence-electron chi connectivity index (χ2n) is 7.58. The molecule has 0 saturated heterocycles. The van der Waals surface area contributed by atoms with Gasteiger partial charge < -0.3 is 25.5 Å². The SMILES string of the molecule is CNC(=O)C(=O)NCCCC/C=C/CCCCCCCCOCC(=O)C(N)c1ncco1. The van der Waals surface area contributed by atoms with Gasteiger partial charge in [0.15, 0.2) is 5.78 Å². The summed E-state index contributed by atoms with van der Waals surface area (Å²) in [6.07, 6.45) is 18.0. The van der Waals surface area contributed by atoms with Crippen molar-refractivity contribution in [1.29, 1.82) is 0 Å². The van der Waals surface area contributed by atoms with Gasteiger partial charge in [-0.05, 0) is 38.5 Å². The largest absolute Gasteiger partial charge is 0.447 e. The highest BCUT2D eigenvalue weighted by Crippen LogP contribution is 2.10. The zero-order valence-electron chi connectivity index (χ0n) is 19.1. The molecule has 0 aliphatic rings. The van der Waals surface area contributed by atoms with Crippen LogP contribution in [0.4, 0.5) is 0 Å². The molecule has 1 atom stereocenters. The number of likely N-dealkylation sites (N-methyl/N-ethyl adjacent to an activating group) is 1. The molecule has 0 saturated carbocycles. The van der Waals surface area contributed by atoms with E-state index in [-0.39, 0.29) is 18.3 Å². The molecule has 0 aromatic carbocycles. The van der Waals surface area contributed by atoms with Crippen LogP contribution in [-0.4, -0.2) is 49.4 Å². The van der Waals surface area contributed by atoms with Gasteiger partial charge in [0.1, 0.15) is 18.9 Å². The molecule has 180 valence electrons. The predicted octanol–water partition coefficient (Wildman–Crippen LogP) is 2.58. The van der Waals surface area contributed by atoms with Crippen molar-refractivity contribution in [3.8, 4) is 0 Å². The first-order valence-electron chi connectivity index (χ1n) is 11.5. The summed E-state index contributed by atoms with van der Waals surface area (Å²) in [4.78, 5) is 38.0. The summed E-state index contributed by atoms with van der Waals surface area (Å²) in [5.41, 5.74) is 5.76. The Morgan fingerprint density at radius 2 is 1.69 bits per heavy atom. The maximum absolute atomic E-state index is 11.9. The minimum Gasteiger partial charge on any atom is -0.447 e. The van der Waals surface area contributed by atoms with Crippen LogP contribution >= 0.6 is 0 Å². The van der Waals surface area contributed by atoms with Gasteiger partial charge in [0.2, 0.25) is 5.89 Å². The summed E-state index contributed by atoms with van der Waals surface area (Å²) >= 11 is 0. The van der Waals surface area contributed by atoms with Crippen molar-refractivity contribution in [2.24, 2.45) is 5.73 Å². The Bertz CT molecular complexity index is 676. The number of nitrogens with zero attached hydrogens (tertiary/aromatic N) is 1. The predicted molar refractivity (Wildman–Crippen MR) is 122 cm³/mol. The van der Waals surface area contributed by atoms with Crippen LogP contribution in [0.15, 0.2) is 29.0 Å². The average Bonchev–Trinajstić information content (AvgIpc) is 3.34. The highest BCUT2D eigenvalue weighted by Gasteiger charge is 2.19. The molecular formula is C23H38N4O5. The van der Waals surface area contributed by atoms with E-state index in [9.17, 15) is 14.4 Å². The molecule has 0 aliphatic heterocycles. The van der Waals surface area contributed by atoms with Gasteiger partial charge >= 0.3 is 11.8 Å². The molecule has 0 bridgehead atoms. The maximum Gasteiger partial charge on any atom is 0.309 e. The standard InChI is InChI=1S/C23H38N4O5/c1-25-21(29)22(30)26-14-12-10-8-6-4-2-3-5-7-9-11-13-16-31-18-19(28)20(24)23-27-15-17-32-23/h4,6,15,17,20H,2-3,5,7-14,16,18,24H2,1H3,(H,25,29)(H,26,30)/b6-4+. The number of rotatable bonds is 18. The zero-order chi connectivity index (χ0) is 23.4. The van der Waals surface area contributed by atoms with Crippen LogP contribution in [0.1, 0.15) is 76.1 Å². The van der Waals surface area contributed by atoms with Crippen LogP contribution in [-0.2, 0) is 19.1 Å². The maximum atomic E-state index is 11.9. The zero-order valence-corrected chi connectivity index (χ0v) is 19.1. The second-order valence-corrected chi connectivity index (χ2v) is 7.58. The number of nitrogens with two attached hydrogens (primary N) is 1. The normalized spacial score (nSPS) is 12.1. The molecule has 1 unspecified atom stereocenters. The minimum atomic E-state index is -0.859. The number of carbonyl (C=O) groups excluding carboxylic acids is 3. The molecule has 9 nitrogen and oxygen atoms in total. The fourth-order valence-corrected chi connectivity index (χ4v) is 2.98. The molecule has 0 radical (unpaired) electrons. The fraction of sp³-hybridized carbons (Fsp3) is 0.652. The third-order valence-corrected chi connectivity index (χ3v) is 4.90. The minimum absolute atomic E-state index is 0.0134. The summed E-state index contributed by atoms with van der Waals surface area (Å²) in [6.45, 7) is 1.07. The van der Waals surface area contributed by atoms with E-state index in [0.29, 0.717) is 13.2 Å². The van der Waals surface area contributed by atoms with Crippen LogP contribution in [0.5, 0.6) is 0 Å². The molecule has 32 heavy (non-hydrogen) atoms. The molecule has 0 fully saturated rings. The van der Waals surface area contributed by atoms with E-state index in [1.165, 1.54) is 45.2 Å². The fourth-order valence-electron chi connectivity index (χ4n) is 2.98. The molecule has 0 spiro atoms. The first kappa shape index (κ1) is 27.5. The van der Waals surface area contributed by atoms with Gasteiger partial charge in [-0.15, -0.1) is 0 Å². The van der Waals surface area contributed by atoms with Crippen molar-refractivity contribution in [1.82, 2.24) is 15.6 Å². The van der Waals surface area contributed by atoms with E-state index in [0.717, 1.165) is 38.5 Å². The molecule has 1 heterocycles. The summed E-state index contributed by atoms with van der Waals surface area (Å²) in [5, 5.41) is 4.88. The third kappa shape index (κ3) is 13.0. The van der Waals surface area contributed by atoms with Gasteiger partial charge in [-0.25, -0.2) is 4.98 Å². The molecule has 1 rings (SSSR count). The highest BCUT2D eigenvalue weighted by molar-refractivity contribution is 6.34. The van der Waals surface area contributed by atoms with Gasteiger partial charge in [-0.1, -0.05) is 37.8 Å².